The summed E-state index contributed by atoms with van der Waals surface area (Å²) in [4.78, 5) is 3.49. The Morgan fingerprint density at radius 3 is 2.63 bits per heavy atom. The van der Waals surface area contributed by atoms with Gasteiger partial charge in [0.1, 0.15) is 0 Å². The number of piperidine rings is 1. The normalized spacial score (nSPS) is 16.3. The minimum absolute atomic E-state index is 0.197. The maximum Gasteiger partial charge on any atom is 0.416 e. The van der Waals surface area contributed by atoms with Crippen LogP contribution in [0.5, 0.6) is 0 Å². The maximum absolute atomic E-state index is 13.0. The van der Waals surface area contributed by atoms with Crippen LogP contribution in [0.1, 0.15) is 29.9 Å². The zero-order valence-corrected chi connectivity index (χ0v) is 18.2. The number of hydrogen-bond donors (Lipinski definition) is 0. The summed E-state index contributed by atoms with van der Waals surface area (Å²) in [5, 5.41) is 11.5. The summed E-state index contributed by atoms with van der Waals surface area (Å²) in [6, 6.07) is 9.85. The van der Waals surface area contributed by atoms with Crippen LogP contribution in [0.25, 0.3) is 10.7 Å². The number of thioether (sulfide) groups is 1. The van der Waals surface area contributed by atoms with Gasteiger partial charge in [0, 0.05) is 19.3 Å². The molecular formula is C21H23F3N4S2. The third-order valence-electron chi connectivity index (χ3n) is 5.49. The fourth-order valence-corrected chi connectivity index (χ4v) is 5.44. The highest BCUT2D eigenvalue weighted by Gasteiger charge is 2.31. The van der Waals surface area contributed by atoms with E-state index in [4.69, 9.17) is 0 Å². The maximum atomic E-state index is 13.0. The summed E-state index contributed by atoms with van der Waals surface area (Å²) in [5.74, 6) is 1.99. The highest BCUT2D eigenvalue weighted by atomic mass is 32.2. The molecule has 0 bridgehead atoms. The molecule has 0 N–H and O–H groups in total. The van der Waals surface area contributed by atoms with Crippen molar-refractivity contribution in [3.8, 4) is 10.7 Å². The lowest BCUT2D eigenvalue weighted by molar-refractivity contribution is -0.137. The van der Waals surface area contributed by atoms with Crippen molar-refractivity contribution in [1.29, 1.82) is 0 Å². The number of nitrogens with zero attached hydrogens (tertiary/aromatic N) is 4. The van der Waals surface area contributed by atoms with E-state index >= 15 is 0 Å². The number of aromatic nitrogens is 3. The lowest BCUT2D eigenvalue weighted by Crippen LogP contribution is -2.34. The Morgan fingerprint density at radius 1 is 1.13 bits per heavy atom. The van der Waals surface area contributed by atoms with E-state index in [1.165, 1.54) is 12.1 Å². The van der Waals surface area contributed by atoms with Crippen molar-refractivity contribution in [2.24, 2.45) is 7.05 Å². The van der Waals surface area contributed by atoms with Gasteiger partial charge in [0.2, 0.25) is 0 Å². The van der Waals surface area contributed by atoms with Crippen LogP contribution in [0.15, 0.2) is 46.9 Å². The molecule has 3 aromatic rings. The van der Waals surface area contributed by atoms with E-state index in [1.54, 1.807) is 23.1 Å². The van der Waals surface area contributed by atoms with Gasteiger partial charge in [-0.3, -0.25) is 0 Å². The van der Waals surface area contributed by atoms with Gasteiger partial charge in [-0.1, -0.05) is 36.0 Å². The number of rotatable bonds is 6. The van der Waals surface area contributed by atoms with E-state index in [9.17, 15) is 13.2 Å². The predicted octanol–water partition coefficient (Wildman–Crippen LogP) is 5.53. The van der Waals surface area contributed by atoms with Gasteiger partial charge in [0.15, 0.2) is 11.0 Å². The molecule has 30 heavy (non-hydrogen) atoms. The second-order valence-electron chi connectivity index (χ2n) is 7.43. The molecule has 3 heterocycles. The molecule has 1 fully saturated rings. The molecular weight excluding hydrogens is 429 g/mol. The first-order valence-electron chi connectivity index (χ1n) is 9.87. The van der Waals surface area contributed by atoms with Crippen LogP contribution in [0, 0.1) is 0 Å². The van der Waals surface area contributed by atoms with E-state index < -0.39 is 11.7 Å². The molecule has 4 rings (SSSR count). The zero-order valence-electron chi connectivity index (χ0n) is 16.6. The third-order valence-corrected chi connectivity index (χ3v) is 7.35. The summed E-state index contributed by atoms with van der Waals surface area (Å²) in [5.41, 5.74) is 0.253. The minimum Gasteiger partial charge on any atom is -0.305 e. The first kappa shape index (κ1) is 21.4. The molecule has 0 saturated carbocycles. The molecule has 0 atom stereocenters. The van der Waals surface area contributed by atoms with Crippen LogP contribution in [0.4, 0.5) is 13.2 Å². The topological polar surface area (TPSA) is 34.0 Å². The molecule has 1 aliphatic heterocycles. The predicted molar refractivity (Wildman–Crippen MR) is 115 cm³/mol. The summed E-state index contributed by atoms with van der Waals surface area (Å²) in [6.45, 7) is 2.74. The molecule has 9 heteroatoms. The average molecular weight is 453 g/mol. The lowest BCUT2D eigenvalue weighted by atomic mass is 9.88. The van der Waals surface area contributed by atoms with Crippen molar-refractivity contribution in [3.63, 3.8) is 0 Å². The molecule has 160 valence electrons. The van der Waals surface area contributed by atoms with Crippen LogP contribution in [0.3, 0.4) is 0 Å². The molecule has 0 spiro atoms. The summed E-state index contributed by atoms with van der Waals surface area (Å²) < 4.78 is 40.9. The van der Waals surface area contributed by atoms with Gasteiger partial charge >= 0.3 is 6.18 Å². The number of alkyl halides is 3. The van der Waals surface area contributed by atoms with E-state index in [2.05, 4.69) is 15.1 Å². The average Bonchev–Trinajstić information content (AvgIpc) is 3.38. The van der Waals surface area contributed by atoms with Crippen LogP contribution < -0.4 is 0 Å². The fraction of sp³-hybridized carbons (Fsp3) is 0.429. The van der Waals surface area contributed by atoms with Crippen molar-refractivity contribution in [3.05, 3.63) is 52.9 Å². The Balaban J connectivity index is 1.26. The molecule has 0 aliphatic carbocycles. The Morgan fingerprint density at radius 2 is 1.93 bits per heavy atom. The first-order chi connectivity index (χ1) is 14.4. The molecule has 0 amide bonds. The summed E-state index contributed by atoms with van der Waals surface area (Å²) in [6.07, 6.45) is -2.51. The van der Waals surface area contributed by atoms with Crippen LogP contribution >= 0.6 is 23.1 Å². The van der Waals surface area contributed by atoms with Gasteiger partial charge < -0.3 is 9.47 Å². The molecule has 1 aliphatic rings. The van der Waals surface area contributed by atoms with Gasteiger partial charge in [-0.25, -0.2) is 0 Å². The van der Waals surface area contributed by atoms with E-state index in [0.717, 1.165) is 65.7 Å². The number of halogens is 3. The molecule has 1 saturated heterocycles. The number of thiophene rings is 1. The second kappa shape index (κ2) is 9.11. The second-order valence-corrected chi connectivity index (χ2v) is 9.44. The van der Waals surface area contributed by atoms with Crippen molar-refractivity contribution in [2.45, 2.75) is 30.1 Å². The monoisotopic (exact) mass is 452 g/mol. The van der Waals surface area contributed by atoms with Crippen molar-refractivity contribution < 1.29 is 13.2 Å². The number of benzene rings is 1. The zero-order chi connectivity index (χ0) is 21.1. The smallest absolute Gasteiger partial charge is 0.305 e. The molecule has 1 aromatic carbocycles. The standard InChI is InChI=1S/C21H23F3N4S2/c1-27-19(18-6-3-12-29-18)25-26-20(27)30-13-11-28-9-7-15(8-10-28)16-4-2-5-17(14-16)21(22,23)24/h2-6,12,14-15H,7-11,13H2,1H3. The van der Waals surface area contributed by atoms with Gasteiger partial charge in [-0.05, 0) is 54.9 Å². The van der Waals surface area contributed by atoms with Crippen molar-refractivity contribution in [2.75, 3.05) is 25.4 Å². The van der Waals surface area contributed by atoms with Gasteiger partial charge in [-0.2, -0.15) is 13.2 Å². The minimum atomic E-state index is -4.28. The van der Waals surface area contributed by atoms with Crippen LogP contribution in [0.2, 0.25) is 0 Å². The van der Waals surface area contributed by atoms with E-state index in [1.807, 2.05) is 35.2 Å². The van der Waals surface area contributed by atoms with Gasteiger partial charge in [0.25, 0.3) is 0 Å². The Bertz CT molecular complexity index is 961. The Kier molecular flexibility index (Phi) is 6.50. The number of likely N-dealkylation sites (tertiary alicyclic amines) is 1. The first-order valence-corrected chi connectivity index (χ1v) is 11.7. The highest BCUT2D eigenvalue weighted by Crippen LogP contribution is 2.34. The summed E-state index contributed by atoms with van der Waals surface area (Å²) in [7, 11) is 1.98. The highest BCUT2D eigenvalue weighted by molar-refractivity contribution is 7.99. The molecule has 0 radical (unpaired) electrons. The third kappa shape index (κ3) is 4.90. The number of hydrogen-bond acceptors (Lipinski definition) is 5. The largest absolute Gasteiger partial charge is 0.416 e. The van der Waals surface area contributed by atoms with Crippen LogP contribution in [-0.2, 0) is 13.2 Å². The van der Waals surface area contributed by atoms with E-state index in [-0.39, 0.29) is 5.92 Å². The SMILES string of the molecule is Cn1c(SCCN2CCC(c3cccc(C(F)(F)F)c3)CC2)nnc1-c1cccs1. The van der Waals surface area contributed by atoms with Gasteiger partial charge in [0.05, 0.1) is 10.4 Å². The van der Waals surface area contributed by atoms with Crippen molar-refractivity contribution >= 4 is 23.1 Å². The fourth-order valence-electron chi connectivity index (χ4n) is 3.79. The molecule has 0 unspecified atom stereocenters. The Hall–Kier alpha value is -1.84. The molecule has 2 aromatic heterocycles. The quantitative estimate of drug-likeness (QED) is 0.460. The molecule has 4 nitrogen and oxygen atoms in total. The Labute approximate surface area is 182 Å². The lowest BCUT2D eigenvalue weighted by Gasteiger charge is -2.32. The van der Waals surface area contributed by atoms with Crippen LogP contribution in [-0.4, -0.2) is 45.1 Å². The van der Waals surface area contributed by atoms with E-state index in [0.29, 0.717) is 0 Å². The van der Waals surface area contributed by atoms with Crippen molar-refractivity contribution in [1.82, 2.24) is 19.7 Å². The van der Waals surface area contributed by atoms with Gasteiger partial charge in [-0.15, -0.1) is 21.5 Å². The summed E-state index contributed by atoms with van der Waals surface area (Å²) >= 11 is 3.34.